The molecule has 0 aliphatic heterocycles. The summed E-state index contributed by atoms with van der Waals surface area (Å²) in [6.45, 7) is 0. The number of benzene rings is 2. The molecular formula is C18H19O2P3. The zero-order chi connectivity index (χ0) is 16.4. The van der Waals surface area contributed by atoms with Crippen molar-refractivity contribution in [1.82, 2.24) is 0 Å². The molecule has 2 aromatic carbocycles. The summed E-state index contributed by atoms with van der Waals surface area (Å²) in [6, 6.07) is 14.2. The molecule has 5 heteroatoms. The lowest BCUT2D eigenvalue weighted by molar-refractivity contribution is 0.561. The van der Waals surface area contributed by atoms with Crippen LogP contribution in [0.15, 0.2) is 51.7 Å². The number of rotatable bonds is 4. The number of hydrogen-bond donors (Lipinski definition) is 0. The van der Waals surface area contributed by atoms with Crippen LogP contribution in [0.25, 0.3) is 22.1 Å². The van der Waals surface area contributed by atoms with Crippen molar-refractivity contribution in [2.75, 3.05) is 0 Å². The lowest BCUT2D eigenvalue weighted by atomic mass is 10.0. The molecule has 118 valence electrons. The molecular weight excluding hydrogens is 341 g/mol. The van der Waals surface area contributed by atoms with Gasteiger partial charge in [0.15, 0.2) is 0 Å². The summed E-state index contributed by atoms with van der Waals surface area (Å²) in [5.74, 6) is 0. The monoisotopic (exact) mass is 360 g/mol. The van der Waals surface area contributed by atoms with Crippen molar-refractivity contribution >= 4 is 38.7 Å². The first-order valence-electron chi connectivity index (χ1n) is 7.45. The molecule has 1 aromatic heterocycles. The van der Waals surface area contributed by atoms with Gasteiger partial charge in [0.25, 0.3) is 0 Å². The van der Waals surface area contributed by atoms with Crippen molar-refractivity contribution in [3.8, 4) is 11.1 Å². The topological polar surface area (TPSA) is 30.2 Å². The molecule has 1 heterocycles. The normalized spacial score (nSPS) is 11.1. The van der Waals surface area contributed by atoms with Gasteiger partial charge < -0.3 is 4.42 Å². The third kappa shape index (κ3) is 3.41. The van der Waals surface area contributed by atoms with Crippen LogP contribution < -0.4 is 5.63 Å². The lowest BCUT2D eigenvalue weighted by Crippen LogP contribution is -2.04. The van der Waals surface area contributed by atoms with Gasteiger partial charge in [-0.05, 0) is 52.9 Å². The predicted octanol–water partition coefficient (Wildman–Crippen LogP) is 4.59. The molecule has 3 aromatic rings. The van der Waals surface area contributed by atoms with E-state index in [1.165, 1.54) is 11.1 Å². The second-order valence-corrected chi connectivity index (χ2v) is 6.65. The minimum Gasteiger partial charge on any atom is -0.422 e. The highest BCUT2D eigenvalue weighted by atomic mass is 31.0. The van der Waals surface area contributed by atoms with Gasteiger partial charge in [-0.1, -0.05) is 30.3 Å². The van der Waals surface area contributed by atoms with Crippen LogP contribution in [-0.4, -0.2) is 0 Å². The second-order valence-electron chi connectivity index (χ2n) is 5.43. The van der Waals surface area contributed by atoms with Crippen LogP contribution in [0.5, 0.6) is 0 Å². The second kappa shape index (κ2) is 7.23. The first kappa shape index (κ1) is 16.8. The van der Waals surface area contributed by atoms with Crippen molar-refractivity contribution in [2.24, 2.45) is 0 Å². The minimum absolute atomic E-state index is 0.283. The zero-order valence-corrected chi connectivity index (χ0v) is 16.2. The van der Waals surface area contributed by atoms with E-state index < -0.39 is 0 Å². The Balaban J connectivity index is 2.21. The highest BCUT2D eigenvalue weighted by molar-refractivity contribution is 7.15. The summed E-state index contributed by atoms with van der Waals surface area (Å²) in [6.07, 6.45) is 2.55. The number of fused-ring (bicyclic) bond motifs is 1. The van der Waals surface area contributed by atoms with E-state index in [0.717, 1.165) is 35.0 Å². The van der Waals surface area contributed by atoms with Gasteiger partial charge >= 0.3 is 5.63 Å². The maximum absolute atomic E-state index is 12.4. The number of hydrogen-bond acceptors (Lipinski definition) is 2. The molecule has 0 aliphatic carbocycles. The first-order valence-corrected chi connectivity index (χ1v) is 9.90. The van der Waals surface area contributed by atoms with Crippen molar-refractivity contribution in [3.63, 3.8) is 0 Å². The fourth-order valence-electron chi connectivity index (χ4n) is 2.67. The van der Waals surface area contributed by atoms with Crippen molar-refractivity contribution in [1.29, 1.82) is 0 Å². The van der Waals surface area contributed by atoms with Crippen LogP contribution in [-0.2, 0) is 18.5 Å². The van der Waals surface area contributed by atoms with Crippen LogP contribution in [0, 0.1) is 0 Å². The van der Waals surface area contributed by atoms with Crippen LogP contribution in [0.1, 0.15) is 16.7 Å². The predicted molar refractivity (Wildman–Crippen MR) is 108 cm³/mol. The quantitative estimate of drug-likeness (QED) is 0.503. The van der Waals surface area contributed by atoms with E-state index in [4.69, 9.17) is 4.42 Å². The molecule has 0 saturated heterocycles. The smallest absolute Gasteiger partial charge is 0.344 e. The summed E-state index contributed by atoms with van der Waals surface area (Å²) in [7, 11) is 8.14. The van der Waals surface area contributed by atoms with Crippen molar-refractivity contribution in [2.45, 2.75) is 18.5 Å². The molecule has 0 spiro atoms. The van der Waals surface area contributed by atoms with E-state index >= 15 is 0 Å². The Morgan fingerprint density at radius 2 is 1.52 bits per heavy atom. The Kier molecular flexibility index (Phi) is 5.27. The summed E-state index contributed by atoms with van der Waals surface area (Å²) in [5.41, 5.74) is 5.41. The molecule has 23 heavy (non-hydrogen) atoms. The summed E-state index contributed by atoms with van der Waals surface area (Å²) >= 11 is 0. The zero-order valence-electron chi connectivity index (χ0n) is 12.7. The van der Waals surface area contributed by atoms with E-state index in [1.54, 1.807) is 0 Å². The third-order valence-corrected chi connectivity index (χ3v) is 5.31. The molecule has 3 unspecified atom stereocenters. The van der Waals surface area contributed by atoms with Crippen molar-refractivity contribution in [3.05, 3.63) is 69.6 Å². The standard InChI is InChI=1S/C18H19O2P3/c19-18-16(13-3-1-11(8-21)2-4-13)7-14-5-12(9-22)6-15(10-23)17(14)20-18/h1-7H,8-10,21-23H2. The van der Waals surface area contributed by atoms with Gasteiger partial charge in [-0.25, -0.2) is 4.79 Å². The fourth-order valence-corrected chi connectivity index (χ4v) is 3.48. The van der Waals surface area contributed by atoms with E-state index in [0.29, 0.717) is 11.1 Å². The molecule has 0 amide bonds. The largest absolute Gasteiger partial charge is 0.422 e. The molecule has 0 N–H and O–H groups in total. The van der Waals surface area contributed by atoms with Gasteiger partial charge in [-0.2, -0.15) is 0 Å². The van der Waals surface area contributed by atoms with Crippen LogP contribution in [0.3, 0.4) is 0 Å². The van der Waals surface area contributed by atoms with Gasteiger partial charge in [-0.3, -0.25) is 0 Å². The molecule has 0 radical (unpaired) electrons. The maximum atomic E-state index is 12.4. The highest BCUT2D eigenvalue weighted by Crippen LogP contribution is 2.27. The summed E-state index contributed by atoms with van der Waals surface area (Å²) in [5, 5.41) is 0.979. The average molecular weight is 360 g/mol. The van der Waals surface area contributed by atoms with Gasteiger partial charge in [0.1, 0.15) is 5.58 Å². The highest BCUT2D eigenvalue weighted by Gasteiger charge is 2.11. The first-order chi connectivity index (χ1) is 11.2. The van der Waals surface area contributed by atoms with E-state index in [-0.39, 0.29) is 5.63 Å². The average Bonchev–Trinajstić information content (AvgIpc) is 2.60. The van der Waals surface area contributed by atoms with E-state index in [2.05, 4.69) is 39.9 Å². The van der Waals surface area contributed by atoms with E-state index in [1.807, 2.05) is 30.3 Å². The Hall–Kier alpha value is -1.06. The minimum atomic E-state index is -0.283. The molecule has 0 aliphatic rings. The van der Waals surface area contributed by atoms with Gasteiger partial charge in [0.05, 0.1) is 5.56 Å². The summed E-state index contributed by atoms with van der Waals surface area (Å²) in [4.78, 5) is 12.4. The Morgan fingerprint density at radius 1 is 0.826 bits per heavy atom. The van der Waals surface area contributed by atoms with Crippen molar-refractivity contribution < 1.29 is 4.42 Å². The third-order valence-electron chi connectivity index (χ3n) is 3.93. The van der Waals surface area contributed by atoms with E-state index in [9.17, 15) is 4.79 Å². The molecule has 3 atom stereocenters. The SMILES string of the molecule is O=c1oc2c(CP)cc(CP)cc2cc1-c1ccc(CP)cc1. The van der Waals surface area contributed by atoms with Crippen LogP contribution in [0.4, 0.5) is 0 Å². The molecule has 3 rings (SSSR count). The van der Waals surface area contributed by atoms with Crippen LogP contribution >= 0.6 is 27.7 Å². The Bertz CT molecular complexity index is 899. The van der Waals surface area contributed by atoms with Gasteiger partial charge in [-0.15, -0.1) is 27.7 Å². The molecule has 0 saturated carbocycles. The maximum Gasteiger partial charge on any atom is 0.344 e. The Labute approximate surface area is 142 Å². The van der Waals surface area contributed by atoms with Crippen LogP contribution in [0.2, 0.25) is 0 Å². The fraction of sp³-hybridized carbons (Fsp3) is 0.167. The molecule has 0 bridgehead atoms. The molecule has 2 nitrogen and oxygen atoms in total. The van der Waals surface area contributed by atoms with Gasteiger partial charge in [0, 0.05) is 5.39 Å². The summed E-state index contributed by atoms with van der Waals surface area (Å²) < 4.78 is 5.65. The van der Waals surface area contributed by atoms with Gasteiger partial charge in [0.2, 0.25) is 0 Å². The lowest BCUT2D eigenvalue weighted by Gasteiger charge is -2.08. The Morgan fingerprint density at radius 3 is 2.13 bits per heavy atom. The molecule has 0 fully saturated rings.